The van der Waals surface area contributed by atoms with Gasteiger partial charge in [-0.1, -0.05) is 0 Å². The first-order chi connectivity index (χ1) is 5.33. The molecule has 2 fully saturated rings. The number of hydrogen-bond acceptors (Lipinski definition) is 3. The second-order valence-electron chi connectivity index (χ2n) is 3.43. The Kier molecular flexibility index (Phi) is 1.60. The Bertz CT molecular complexity index is 171. The number of nitrogens with one attached hydrogen (secondary N) is 1. The van der Waals surface area contributed by atoms with Crippen LogP contribution in [0.15, 0.2) is 0 Å². The lowest BCUT2D eigenvalue weighted by molar-refractivity contribution is -0.141. The highest BCUT2D eigenvalue weighted by Gasteiger charge is 2.53. The molecule has 1 N–H and O–H groups in total. The topological polar surface area (TPSA) is 38.3 Å². The van der Waals surface area contributed by atoms with Crippen LogP contribution in [0.2, 0.25) is 0 Å². The lowest BCUT2D eigenvalue weighted by atomic mass is 10.2. The van der Waals surface area contributed by atoms with Crippen LogP contribution in [0.5, 0.6) is 0 Å². The minimum Gasteiger partial charge on any atom is -0.469 e. The van der Waals surface area contributed by atoms with Crippen molar-refractivity contribution in [1.82, 2.24) is 5.32 Å². The van der Waals surface area contributed by atoms with Gasteiger partial charge in [-0.2, -0.15) is 0 Å². The highest BCUT2D eigenvalue weighted by molar-refractivity contribution is 5.70. The molecular weight excluding hydrogens is 142 g/mol. The van der Waals surface area contributed by atoms with Gasteiger partial charge in [0.15, 0.2) is 0 Å². The highest BCUT2D eigenvalue weighted by atomic mass is 16.5. The molecule has 1 heterocycles. The first kappa shape index (κ1) is 7.10. The van der Waals surface area contributed by atoms with E-state index in [1.807, 2.05) is 0 Å². The summed E-state index contributed by atoms with van der Waals surface area (Å²) < 4.78 is 4.61. The second kappa shape index (κ2) is 2.48. The Balaban J connectivity index is 1.79. The maximum Gasteiger partial charge on any atom is 0.305 e. The molecule has 62 valence electrons. The van der Waals surface area contributed by atoms with Crippen molar-refractivity contribution in [2.75, 3.05) is 20.2 Å². The van der Waals surface area contributed by atoms with Crippen molar-refractivity contribution in [3.63, 3.8) is 0 Å². The van der Waals surface area contributed by atoms with E-state index in [2.05, 4.69) is 10.1 Å². The van der Waals surface area contributed by atoms with Gasteiger partial charge in [0.1, 0.15) is 0 Å². The Morgan fingerprint density at radius 3 is 2.73 bits per heavy atom. The van der Waals surface area contributed by atoms with Crippen molar-refractivity contribution >= 4 is 5.97 Å². The molecule has 1 aliphatic heterocycles. The summed E-state index contributed by atoms with van der Waals surface area (Å²) in [6.07, 6.45) is 0.632. The van der Waals surface area contributed by atoms with Crippen LogP contribution in [-0.4, -0.2) is 26.2 Å². The standard InChI is InChI=1S/C8H13NO2/c1-11-8(10)2-5-6-3-9-4-7(5)6/h5-7,9H,2-4H2,1H3/t5?,6-,7+. The van der Waals surface area contributed by atoms with Gasteiger partial charge in [0.2, 0.25) is 0 Å². The number of ether oxygens (including phenoxy) is 1. The summed E-state index contributed by atoms with van der Waals surface area (Å²) in [5.41, 5.74) is 0. The van der Waals surface area contributed by atoms with Crippen LogP contribution in [0.3, 0.4) is 0 Å². The summed E-state index contributed by atoms with van der Waals surface area (Å²) in [4.78, 5) is 10.9. The zero-order valence-electron chi connectivity index (χ0n) is 6.67. The molecule has 2 rings (SSSR count). The lowest BCUT2D eigenvalue weighted by Crippen LogP contribution is -2.16. The van der Waals surface area contributed by atoms with E-state index in [0.29, 0.717) is 12.3 Å². The molecule has 0 aromatic heterocycles. The fourth-order valence-corrected chi connectivity index (χ4v) is 2.13. The fraction of sp³-hybridized carbons (Fsp3) is 0.875. The van der Waals surface area contributed by atoms with Gasteiger partial charge in [-0.3, -0.25) is 4.79 Å². The van der Waals surface area contributed by atoms with E-state index in [9.17, 15) is 4.79 Å². The van der Waals surface area contributed by atoms with Gasteiger partial charge in [0.25, 0.3) is 0 Å². The van der Waals surface area contributed by atoms with Crippen LogP contribution in [-0.2, 0) is 9.53 Å². The number of methoxy groups -OCH3 is 1. The summed E-state index contributed by atoms with van der Waals surface area (Å²) in [7, 11) is 1.46. The molecule has 0 spiro atoms. The van der Waals surface area contributed by atoms with Gasteiger partial charge in [0, 0.05) is 6.42 Å². The monoisotopic (exact) mass is 155 g/mol. The molecule has 0 radical (unpaired) electrons. The molecule has 3 heteroatoms. The molecule has 2 aliphatic rings. The van der Waals surface area contributed by atoms with Gasteiger partial charge in [0.05, 0.1) is 7.11 Å². The van der Waals surface area contributed by atoms with Crippen LogP contribution in [0.4, 0.5) is 0 Å². The Hall–Kier alpha value is -0.570. The number of rotatable bonds is 2. The normalized spacial score (nSPS) is 39.9. The zero-order valence-corrected chi connectivity index (χ0v) is 6.67. The summed E-state index contributed by atoms with van der Waals surface area (Å²) in [6, 6.07) is 0. The van der Waals surface area contributed by atoms with E-state index in [4.69, 9.17) is 0 Å². The number of carbonyl (C=O) groups excluding carboxylic acids is 1. The molecule has 0 amide bonds. The minimum atomic E-state index is -0.0515. The number of esters is 1. The van der Waals surface area contributed by atoms with Crippen molar-refractivity contribution in [3.8, 4) is 0 Å². The van der Waals surface area contributed by atoms with Gasteiger partial charge in [-0.15, -0.1) is 0 Å². The lowest BCUT2D eigenvalue weighted by Gasteiger charge is -2.01. The van der Waals surface area contributed by atoms with Crippen molar-refractivity contribution in [1.29, 1.82) is 0 Å². The Labute approximate surface area is 66.1 Å². The average molecular weight is 155 g/mol. The maximum absolute atomic E-state index is 10.9. The smallest absolute Gasteiger partial charge is 0.305 e. The molecule has 1 saturated heterocycles. The van der Waals surface area contributed by atoms with Gasteiger partial charge in [-0.25, -0.2) is 0 Å². The predicted molar refractivity (Wildman–Crippen MR) is 40.0 cm³/mol. The SMILES string of the molecule is COC(=O)CC1[C@H]2CNC[C@@H]12. The van der Waals surface area contributed by atoms with Gasteiger partial charge < -0.3 is 10.1 Å². The fourth-order valence-electron chi connectivity index (χ4n) is 2.13. The molecule has 0 bridgehead atoms. The van der Waals surface area contributed by atoms with Crippen LogP contribution < -0.4 is 5.32 Å². The van der Waals surface area contributed by atoms with Crippen molar-refractivity contribution in [2.24, 2.45) is 17.8 Å². The third-order valence-corrected chi connectivity index (χ3v) is 2.90. The molecule has 3 atom stereocenters. The molecule has 11 heavy (non-hydrogen) atoms. The van der Waals surface area contributed by atoms with E-state index in [1.54, 1.807) is 0 Å². The molecule has 0 aromatic carbocycles. The van der Waals surface area contributed by atoms with Crippen molar-refractivity contribution < 1.29 is 9.53 Å². The van der Waals surface area contributed by atoms with Crippen LogP contribution in [0, 0.1) is 17.8 Å². The number of carbonyl (C=O) groups is 1. The minimum absolute atomic E-state index is 0.0515. The molecule has 1 saturated carbocycles. The first-order valence-corrected chi connectivity index (χ1v) is 4.10. The van der Waals surface area contributed by atoms with Crippen LogP contribution in [0.1, 0.15) is 6.42 Å². The number of hydrogen-bond donors (Lipinski definition) is 1. The first-order valence-electron chi connectivity index (χ1n) is 4.10. The Morgan fingerprint density at radius 2 is 2.18 bits per heavy atom. The second-order valence-corrected chi connectivity index (χ2v) is 3.43. The van der Waals surface area contributed by atoms with Crippen molar-refractivity contribution in [2.45, 2.75) is 6.42 Å². The van der Waals surface area contributed by atoms with Crippen LogP contribution >= 0.6 is 0 Å². The van der Waals surface area contributed by atoms with E-state index in [1.165, 1.54) is 7.11 Å². The largest absolute Gasteiger partial charge is 0.469 e. The molecular formula is C8H13NO2. The quantitative estimate of drug-likeness (QED) is 0.571. The number of piperidine rings is 1. The molecule has 1 aliphatic carbocycles. The third-order valence-electron chi connectivity index (χ3n) is 2.90. The summed E-state index contributed by atoms with van der Waals surface area (Å²) in [6.45, 7) is 2.21. The maximum atomic E-state index is 10.9. The Morgan fingerprint density at radius 1 is 1.55 bits per heavy atom. The van der Waals surface area contributed by atoms with Gasteiger partial charge in [-0.05, 0) is 30.8 Å². The van der Waals surface area contributed by atoms with E-state index < -0.39 is 0 Å². The van der Waals surface area contributed by atoms with E-state index in [-0.39, 0.29) is 5.97 Å². The average Bonchev–Trinajstić information content (AvgIpc) is 2.52. The van der Waals surface area contributed by atoms with Crippen LogP contribution in [0.25, 0.3) is 0 Å². The summed E-state index contributed by atoms with van der Waals surface area (Å²) in [5.74, 6) is 2.12. The summed E-state index contributed by atoms with van der Waals surface area (Å²) in [5, 5.41) is 3.29. The van der Waals surface area contributed by atoms with E-state index in [0.717, 1.165) is 24.9 Å². The van der Waals surface area contributed by atoms with Crippen molar-refractivity contribution in [3.05, 3.63) is 0 Å². The predicted octanol–water partition coefficient (Wildman–Crippen LogP) is 0.0149. The van der Waals surface area contributed by atoms with E-state index >= 15 is 0 Å². The summed E-state index contributed by atoms with van der Waals surface area (Å²) >= 11 is 0. The molecule has 1 unspecified atom stereocenters. The molecule has 0 aromatic rings. The number of fused-ring (bicyclic) bond motifs is 1. The third kappa shape index (κ3) is 1.13. The zero-order chi connectivity index (χ0) is 7.84. The highest BCUT2D eigenvalue weighted by Crippen LogP contribution is 2.50. The molecule has 3 nitrogen and oxygen atoms in total. The van der Waals surface area contributed by atoms with Gasteiger partial charge >= 0.3 is 5.97 Å².